The molecule has 0 amide bonds. The summed E-state index contributed by atoms with van der Waals surface area (Å²) in [5.74, 6) is -0.401. The van der Waals surface area contributed by atoms with E-state index in [1.807, 2.05) is 6.07 Å². The Bertz CT molecular complexity index is 398. The third-order valence-corrected chi connectivity index (χ3v) is 1.95. The van der Waals surface area contributed by atoms with Crippen molar-refractivity contribution in [2.45, 2.75) is 6.42 Å². The van der Waals surface area contributed by atoms with Gasteiger partial charge in [-0.3, -0.25) is 4.79 Å². The van der Waals surface area contributed by atoms with Crippen molar-refractivity contribution in [3.8, 4) is 6.07 Å². The van der Waals surface area contributed by atoms with Gasteiger partial charge in [0.05, 0.1) is 18.6 Å². The molecule has 0 fully saturated rings. The van der Waals surface area contributed by atoms with Crippen molar-refractivity contribution in [3.05, 3.63) is 28.5 Å². The second kappa shape index (κ2) is 4.58. The normalized spacial score (nSPS) is 9.21. The zero-order valence-corrected chi connectivity index (χ0v) is 8.21. The number of carbonyl (C=O) groups excluding carboxylic acids is 1. The second-order valence-electron chi connectivity index (χ2n) is 2.53. The van der Waals surface area contributed by atoms with E-state index in [2.05, 4.69) is 9.72 Å². The lowest BCUT2D eigenvalue weighted by Gasteiger charge is -2.02. The van der Waals surface area contributed by atoms with Crippen LogP contribution in [-0.2, 0) is 16.0 Å². The Balaban J connectivity index is 2.96. The Morgan fingerprint density at radius 1 is 1.79 bits per heavy atom. The molecular formula is C9H7ClN2O2. The minimum absolute atomic E-state index is 0.0481. The number of aromatic nitrogens is 1. The first-order valence-electron chi connectivity index (χ1n) is 3.78. The highest BCUT2D eigenvalue weighted by Gasteiger charge is 2.08. The molecule has 1 aromatic heterocycles. The maximum atomic E-state index is 10.9. The summed E-state index contributed by atoms with van der Waals surface area (Å²) in [5, 5.41) is 8.93. The number of hydrogen-bond acceptors (Lipinski definition) is 4. The lowest BCUT2D eigenvalue weighted by molar-refractivity contribution is -0.139. The molecule has 5 heteroatoms. The summed E-state index contributed by atoms with van der Waals surface area (Å²) in [7, 11) is 1.29. The lowest BCUT2D eigenvalue weighted by atomic mass is 10.2. The van der Waals surface area contributed by atoms with E-state index in [0.29, 0.717) is 10.6 Å². The van der Waals surface area contributed by atoms with Crippen LogP contribution in [0.25, 0.3) is 0 Å². The summed E-state index contributed by atoms with van der Waals surface area (Å²) in [5.41, 5.74) is 0.776. The molecule has 0 aliphatic carbocycles. The number of nitrogens with zero attached hydrogens (tertiary/aromatic N) is 2. The van der Waals surface area contributed by atoms with Gasteiger partial charge < -0.3 is 4.74 Å². The topological polar surface area (TPSA) is 63.0 Å². The molecule has 4 nitrogen and oxygen atoms in total. The minimum Gasteiger partial charge on any atom is -0.469 e. The van der Waals surface area contributed by atoms with Crippen LogP contribution in [0.1, 0.15) is 11.3 Å². The second-order valence-corrected chi connectivity index (χ2v) is 2.93. The number of carbonyl (C=O) groups is 1. The molecule has 0 spiro atoms. The van der Waals surface area contributed by atoms with Crippen LogP contribution < -0.4 is 0 Å². The van der Waals surface area contributed by atoms with Crippen LogP contribution in [-0.4, -0.2) is 18.1 Å². The van der Waals surface area contributed by atoms with Gasteiger partial charge in [-0.25, -0.2) is 4.98 Å². The average molecular weight is 211 g/mol. The van der Waals surface area contributed by atoms with E-state index in [1.54, 1.807) is 0 Å². The Kier molecular flexibility index (Phi) is 3.43. The highest BCUT2D eigenvalue weighted by molar-refractivity contribution is 6.31. The molecule has 14 heavy (non-hydrogen) atoms. The maximum absolute atomic E-state index is 10.9. The van der Waals surface area contributed by atoms with Crippen LogP contribution in [0.3, 0.4) is 0 Å². The van der Waals surface area contributed by atoms with Crippen LogP contribution in [0.2, 0.25) is 5.02 Å². The molecule has 0 radical (unpaired) electrons. The first-order chi connectivity index (χ1) is 6.67. The predicted octanol–water partition coefficient (Wildman–Crippen LogP) is 1.32. The zero-order chi connectivity index (χ0) is 10.6. The number of esters is 1. The van der Waals surface area contributed by atoms with Crippen LogP contribution in [0.15, 0.2) is 12.3 Å². The van der Waals surface area contributed by atoms with Gasteiger partial charge in [-0.2, -0.15) is 5.26 Å². The summed E-state index contributed by atoms with van der Waals surface area (Å²) < 4.78 is 4.48. The molecule has 0 saturated carbocycles. The van der Waals surface area contributed by atoms with E-state index in [9.17, 15) is 4.79 Å². The molecule has 0 unspecified atom stereocenters. The SMILES string of the molecule is COC(=O)Cc1cc(C#N)ncc1Cl. The minimum atomic E-state index is -0.401. The average Bonchev–Trinajstić information content (AvgIpc) is 2.21. The molecule has 1 heterocycles. The number of nitriles is 1. The lowest BCUT2D eigenvalue weighted by Crippen LogP contribution is -2.05. The third-order valence-electron chi connectivity index (χ3n) is 1.61. The smallest absolute Gasteiger partial charge is 0.310 e. The fraction of sp³-hybridized carbons (Fsp3) is 0.222. The van der Waals surface area contributed by atoms with E-state index < -0.39 is 5.97 Å². The van der Waals surface area contributed by atoms with Gasteiger partial charge in [-0.15, -0.1) is 0 Å². The summed E-state index contributed by atoms with van der Waals surface area (Å²) in [6.45, 7) is 0. The molecule has 1 aromatic rings. The fourth-order valence-corrected chi connectivity index (χ4v) is 1.07. The van der Waals surface area contributed by atoms with Gasteiger partial charge >= 0.3 is 5.97 Å². The first kappa shape index (κ1) is 10.5. The fourth-order valence-electron chi connectivity index (χ4n) is 0.905. The van der Waals surface area contributed by atoms with Crippen molar-refractivity contribution in [3.63, 3.8) is 0 Å². The molecule has 72 valence electrons. The number of halogens is 1. The molecular weight excluding hydrogens is 204 g/mol. The van der Waals surface area contributed by atoms with E-state index in [4.69, 9.17) is 16.9 Å². The standard InChI is InChI=1S/C9H7ClN2O2/c1-14-9(13)3-6-2-7(4-11)12-5-8(6)10/h2,5H,3H2,1H3. The van der Waals surface area contributed by atoms with Crippen molar-refractivity contribution >= 4 is 17.6 Å². The highest BCUT2D eigenvalue weighted by Crippen LogP contribution is 2.16. The maximum Gasteiger partial charge on any atom is 0.310 e. The van der Waals surface area contributed by atoms with Crippen molar-refractivity contribution < 1.29 is 9.53 Å². The Morgan fingerprint density at radius 2 is 2.50 bits per heavy atom. The molecule has 0 aliphatic heterocycles. The molecule has 0 saturated heterocycles. The Hall–Kier alpha value is -1.60. The summed E-state index contributed by atoms with van der Waals surface area (Å²) in [6, 6.07) is 3.34. The van der Waals surface area contributed by atoms with Crippen LogP contribution in [0, 0.1) is 11.3 Å². The molecule has 1 rings (SSSR count). The monoisotopic (exact) mass is 210 g/mol. The molecule has 0 bridgehead atoms. The number of ether oxygens (including phenoxy) is 1. The number of hydrogen-bond donors (Lipinski definition) is 0. The number of pyridine rings is 1. The molecule has 0 aliphatic rings. The van der Waals surface area contributed by atoms with E-state index in [0.717, 1.165) is 0 Å². The van der Waals surface area contributed by atoms with Crippen LogP contribution in [0.5, 0.6) is 0 Å². The van der Waals surface area contributed by atoms with Gasteiger partial charge in [0, 0.05) is 6.20 Å². The summed E-state index contributed by atoms with van der Waals surface area (Å²) in [6.07, 6.45) is 1.39. The largest absolute Gasteiger partial charge is 0.469 e. The Morgan fingerprint density at radius 3 is 3.07 bits per heavy atom. The summed E-state index contributed by atoms with van der Waals surface area (Å²) in [4.78, 5) is 14.7. The predicted molar refractivity (Wildman–Crippen MR) is 49.7 cm³/mol. The van der Waals surface area contributed by atoms with Crippen LogP contribution >= 0.6 is 11.6 Å². The van der Waals surface area contributed by atoms with E-state index >= 15 is 0 Å². The van der Waals surface area contributed by atoms with Crippen molar-refractivity contribution in [1.29, 1.82) is 5.26 Å². The van der Waals surface area contributed by atoms with Gasteiger partial charge in [-0.1, -0.05) is 11.6 Å². The summed E-state index contributed by atoms with van der Waals surface area (Å²) >= 11 is 5.77. The van der Waals surface area contributed by atoms with Crippen molar-refractivity contribution in [2.75, 3.05) is 7.11 Å². The molecule has 0 atom stereocenters. The van der Waals surface area contributed by atoms with Gasteiger partial charge in [0.1, 0.15) is 11.8 Å². The molecule has 0 aromatic carbocycles. The highest BCUT2D eigenvalue weighted by atomic mass is 35.5. The van der Waals surface area contributed by atoms with Crippen LogP contribution in [0.4, 0.5) is 0 Å². The third kappa shape index (κ3) is 2.44. The number of rotatable bonds is 2. The van der Waals surface area contributed by atoms with E-state index in [1.165, 1.54) is 19.4 Å². The quantitative estimate of drug-likeness (QED) is 0.691. The van der Waals surface area contributed by atoms with Gasteiger partial charge in [0.2, 0.25) is 0 Å². The van der Waals surface area contributed by atoms with Gasteiger partial charge in [0.15, 0.2) is 0 Å². The molecule has 0 N–H and O–H groups in total. The number of methoxy groups -OCH3 is 1. The van der Waals surface area contributed by atoms with Crippen molar-refractivity contribution in [1.82, 2.24) is 4.98 Å². The zero-order valence-electron chi connectivity index (χ0n) is 7.45. The Labute approximate surface area is 86.1 Å². The van der Waals surface area contributed by atoms with Crippen molar-refractivity contribution in [2.24, 2.45) is 0 Å². The van der Waals surface area contributed by atoms with Gasteiger partial charge in [0.25, 0.3) is 0 Å². The van der Waals surface area contributed by atoms with Gasteiger partial charge in [-0.05, 0) is 11.6 Å². The first-order valence-corrected chi connectivity index (χ1v) is 4.16. The van der Waals surface area contributed by atoms with E-state index in [-0.39, 0.29) is 12.1 Å².